The lowest BCUT2D eigenvalue weighted by Crippen LogP contribution is -2.00. The minimum Gasteiger partial charge on any atom is -0.305 e. The normalized spacial score (nSPS) is 11.0. The van der Waals surface area contributed by atoms with E-state index in [9.17, 15) is 4.79 Å². The van der Waals surface area contributed by atoms with E-state index in [1.807, 2.05) is 53.8 Å². The average Bonchev–Trinajstić information content (AvgIpc) is 3.04. The molecule has 0 N–H and O–H groups in total. The summed E-state index contributed by atoms with van der Waals surface area (Å²) < 4.78 is 4.10. The van der Waals surface area contributed by atoms with Crippen LogP contribution >= 0.6 is 24.0 Å². The predicted octanol–water partition coefficient (Wildman–Crippen LogP) is 4.92. The first kappa shape index (κ1) is 17.5. The van der Waals surface area contributed by atoms with Crippen LogP contribution in [0.15, 0.2) is 48.5 Å². The third kappa shape index (κ3) is 2.81. The number of hydrogen-bond donors (Lipinski definition) is 0. The summed E-state index contributed by atoms with van der Waals surface area (Å²) in [7, 11) is 0. The number of carbonyl (C=O) groups excluding carboxylic acids is 1. The number of para-hydroxylation sites is 2. The Balaban J connectivity index is 0.00000182. The van der Waals surface area contributed by atoms with Crippen molar-refractivity contribution in [3.8, 4) is 0 Å². The quantitative estimate of drug-likeness (QED) is 0.478. The fourth-order valence-corrected chi connectivity index (χ4v) is 3.38. The van der Waals surface area contributed by atoms with Gasteiger partial charge >= 0.3 is 0 Å². The predicted molar refractivity (Wildman–Crippen MR) is 103 cm³/mol. The van der Waals surface area contributed by atoms with E-state index in [0.29, 0.717) is 12.2 Å². The Morgan fingerprint density at radius 1 is 1.08 bits per heavy atom. The number of nitrogens with zero attached hydrogens (tertiary/aromatic N) is 3. The lowest BCUT2D eigenvalue weighted by atomic mass is 10.2. The molecule has 4 rings (SSSR count). The molecule has 0 atom stereocenters. The lowest BCUT2D eigenvalue weighted by molar-refractivity contribution is 0.101. The zero-order chi connectivity index (χ0) is 16.8. The van der Waals surface area contributed by atoms with E-state index in [1.165, 1.54) is 0 Å². The maximum absolute atomic E-state index is 12.1. The molecular formula is C19H17Cl2N3O. The van der Waals surface area contributed by atoms with Gasteiger partial charge in [0.05, 0.1) is 23.3 Å². The van der Waals surface area contributed by atoms with Gasteiger partial charge in [-0.2, -0.15) is 0 Å². The van der Waals surface area contributed by atoms with Gasteiger partial charge in [0, 0.05) is 11.9 Å². The molecule has 0 saturated carbocycles. The Hall–Kier alpha value is -2.30. The highest BCUT2D eigenvalue weighted by Crippen LogP contribution is 2.25. The van der Waals surface area contributed by atoms with Gasteiger partial charge in [-0.05, 0) is 36.8 Å². The van der Waals surface area contributed by atoms with Gasteiger partial charge in [-0.1, -0.05) is 35.9 Å². The number of aryl methyl sites for hydroxylation is 1. The van der Waals surface area contributed by atoms with Crippen LogP contribution in [-0.2, 0) is 6.54 Å². The van der Waals surface area contributed by atoms with Crippen LogP contribution in [0.5, 0.6) is 0 Å². The molecule has 2 aromatic heterocycles. The number of fused-ring (bicyclic) bond motifs is 3. The molecule has 0 amide bonds. The molecule has 0 aliphatic carbocycles. The SMILES string of the molecule is CC(=O)c1c(C)nc2n(Cc3ccc(Cl)cc3)c3ccccc3n12.Cl. The van der Waals surface area contributed by atoms with Crippen molar-refractivity contribution >= 4 is 46.6 Å². The number of hydrogen-bond acceptors (Lipinski definition) is 2. The highest BCUT2D eigenvalue weighted by molar-refractivity contribution is 6.30. The van der Waals surface area contributed by atoms with Crippen LogP contribution in [0, 0.1) is 6.92 Å². The Morgan fingerprint density at radius 2 is 1.72 bits per heavy atom. The van der Waals surface area contributed by atoms with Crippen molar-refractivity contribution in [2.24, 2.45) is 0 Å². The molecule has 4 aromatic rings. The second-order valence-electron chi connectivity index (χ2n) is 5.94. The number of benzene rings is 2. The summed E-state index contributed by atoms with van der Waals surface area (Å²) in [4.78, 5) is 16.8. The largest absolute Gasteiger partial charge is 0.305 e. The van der Waals surface area contributed by atoms with Crippen LogP contribution in [0.2, 0.25) is 5.02 Å². The van der Waals surface area contributed by atoms with Crippen LogP contribution < -0.4 is 0 Å². The van der Waals surface area contributed by atoms with Gasteiger partial charge in [-0.3, -0.25) is 9.20 Å². The van der Waals surface area contributed by atoms with Gasteiger partial charge in [0.15, 0.2) is 5.78 Å². The van der Waals surface area contributed by atoms with E-state index in [4.69, 9.17) is 11.6 Å². The smallest absolute Gasteiger partial charge is 0.216 e. The van der Waals surface area contributed by atoms with Gasteiger partial charge in [0.25, 0.3) is 0 Å². The molecule has 0 radical (unpaired) electrons. The molecule has 25 heavy (non-hydrogen) atoms. The molecule has 4 nitrogen and oxygen atoms in total. The zero-order valence-corrected chi connectivity index (χ0v) is 15.4. The molecule has 6 heteroatoms. The Labute approximate surface area is 156 Å². The molecule has 0 aliphatic rings. The van der Waals surface area contributed by atoms with Crippen LogP contribution in [-0.4, -0.2) is 19.7 Å². The molecule has 0 aliphatic heterocycles. The lowest BCUT2D eigenvalue weighted by Gasteiger charge is -2.05. The standard InChI is InChI=1S/C19H16ClN3O.ClH/c1-12-18(13(2)24)23-17-6-4-3-5-16(17)22(19(23)21-12)11-14-7-9-15(20)10-8-14;/h3-10H,11H2,1-2H3;1H. The van der Waals surface area contributed by atoms with Crippen LogP contribution in [0.4, 0.5) is 0 Å². The van der Waals surface area contributed by atoms with Gasteiger partial charge < -0.3 is 4.57 Å². The summed E-state index contributed by atoms with van der Waals surface area (Å²) in [6, 6.07) is 15.8. The van der Waals surface area contributed by atoms with Crippen LogP contribution in [0.1, 0.15) is 28.7 Å². The van der Waals surface area contributed by atoms with Crippen molar-refractivity contribution in [1.82, 2.24) is 14.0 Å². The first-order valence-corrected chi connectivity index (χ1v) is 8.15. The van der Waals surface area contributed by atoms with Crippen molar-refractivity contribution in [2.45, 2.75) is 20.4 Å². The number of carbonyl (C=O) groups is 1. The minimum atomic E-state index is 0. The van der Waals surface area contributed by atoms with E-state index in [1.54, 1.807) is 6.92 Å². The van der Waals surface area contributed by atoms with Crippen LogP contribution in [0.3, 0.4) is 0 Å². The summed E-state index contributed by atoms with van der Waals surface area (Å²) in [5.74, 6) is 0.809. The Kier molecular flexibility index (Phi) is 4.58. The zero-order valence-electron chi connectivity index (χ0n) is 13.9. The maximum atomic E-state index is 12.1. The van der Waals surface area contributed by atoms with E-state index >= 15 is 0 Å². The second kappa shape index (κ2) is 6.54. The van der Waals surface area contributed by atoms with E-state index in [0.717, 1.165) is 33.1 Å². The summed E-state index contributed by atoms with van der Waals surface area (Å²) in [6.45, 7) is 4.13. The molecule has 2 aromatic carbocycles. The number of halogens is 2. The fourth-order valence-electron chi connectivity index (χ4n) is 3.25. The molecule has 0 spiro atoms. The van der Waals surface area contributed by atoms with Gasteiger partial charge in [0.1, 0.15) is 5.69 Å². The van der Waals surface area contributed by atoms with Crippen LogP contribution in [0.25, 0.3) is 16.8 Å². The molecule has 0 bridgehead atoms. The highest BCUT2D eigenvalue weighted by Gasteiger charge is 2.20. The summed E-state index contributed by atoms with van der Waals surface area (Å²) in [5.41, 5.74) is 4.58. The monoisotopic (exact) mass is 373 g/mol. The molecule has 128 valence electrons. The van der Waals surface area contributed by atoms with Crippen molar-refractivity contribution in [2.75, 3.05) is 0 Å². The number of rotatable bonds is 3. The molecule has 0 unspecified atom stereocenters. The minimum absolute atomic E-state index is 0. The van der Waals surface area contributed by atoms with Gasteiger partial charge in [-0.15, -0.1) is 12.4 Å². The molecule has 0 fully saturated rings. The average molecular weight is 374 g/mol. The first-order valence-electron chi connectivity index (χ1n) is 7.78. The number of imidazole rings is 2. The van der Waals surface area contributed by atoms with Crippen molar-refractivity contribution in [3.05, 3.63) is 70.5 Å². The molecule has 0 saturated heterocycles. The fraction of sp³-hybridized carbons (Fsp3) is 0.158. The highest BCUT2D eigenvalue weighted by atomic mass is 35.5. The number of aromatic nitrogens is 3. The van der Waals surface area contributed by atoms with E-state index < -0.39 is 0 Å². The number of ketones is 1. The van der Waals surface area contributed by atoms with E-state index in [2.05, 4.69) is 15.6 Å². The Bertz CT molecular complexity index is 1080. The summed E-state index contributed by atoms with van der Waals surface area (Å²) >= 11 is 5.98. The third-order valence-electron chi connectivity index (χ3n) is 4.28. The number of Topliss-reactive ketones (excluding diaryl/α,β-unsaturated/α-hetero) is 1. The summed E-state index contributed by atoms with van der Waals surface area (Å²) in [6.07, 6.45) is 0. The Morgan fingerprint density at radius 3 is 2.36 bits per heavy atom. The topological polar surface area (TPSA) is 39.3 Å². The second-order valence-corrected chi connectivity index (χ2v) is 6.38. The maximum Gasteiger partial charge on any atom is 0.216 e. The third-order valence-corrected chi connectivity index (χ3v) is 4.53. The summed E-state index contributed by atoms with van der Waals surface area (Å²) in [5, 5.41) is 0.719. The molecule has 2 heterocycles. The van der Waals surface area contributed by atoms with Crippen molar-refractivity contribution in [3.63, 3.8) is 0 Å². The first-order chi connectivity index (χ1) is 11.6. The molecular weight excluding hydrogens is 357 g/mol. The van der Waals surface area contributed by atoms with Crippen molar-refractivity contribution in [1.29, 1.82) is 0 Å². The van der Waals surface area contributed by atoms with Gasteiger partial charge in [-0.25, -0.2) is 4.98 Å². The van der Waals surface area contributed by atoms with Gasteiger partial charge in [0.2, 0.25) is 5.78 Å². The van der Waals surface area contributed by atoms with Crippen molar-refractivity contribution < 1.29 is 4.79 Å². The van der Waals surface area contributed by atoms with E-state index in [-0.39, 0.29) is 18.2 Å².